The van der Waals surface area contributed by atoms with Crippen molar-refractivity contribution in [3.63, 3.8) is 0 Å². The van der Waals surface area contributed by atoms with Crippen LogP contribution in [0.25, 0.3) is 104 Å². The van der Waals surface area contributed by atoms with Crippen LogP contribution in [0.3, 0.4) is 0 Å². The molecule has 3 heteroatoms. The molecule has 0 fully saturated rings. The Labute approximate surface area is 351 Å². The van der Waals surface area contributed by atoms with Crippen LogP contribution in [0.1, 0.15) is 0 Å². The average molecular weight is 777 g/mol. The van der Waals surface area contributed by atoms with Gasteiger partial charge in [-0.25, -0.2) is 0 Å². The molecule has 0 atom stereocenters. The van der Waals surface area contributed by atoms with Gasteiger partial charge in [0.1, 0.15) is 5.58 Å². The number of hydrogen-bond acceptors (Lipinski definition) is 2. The molecule has 0 aliphatic carbocycles. The second kappa shape index (κ2) is 13.2. The summed E-state index contributed by atoms with van der Waals surface area (Å²) in [7, 11) is 0. The van der Waals surface area contributed by atoms with E-state index in [1.54, 1.807) is 0 Å². The zero-order valence-electron chi connectivity index (χ0n) is 33.1. The van der Waals surface area contributed by atoms with Crippen molar-refractivity contribution in [1.29, 1.82) is 0 Å². The van der Waals surface area contributed by atoms with E-state index < -0.39 is 0 Å². The molecule has 13 rings (SSSR count). The van der Waals surface area contributed by atoms with Gasteiger partial charge in [0.25, 0.3) is 0 Å². The number of benzene rings is 11. The maximum absolute atomic E-state index is 6.97. The molecule has 0 amide bonds. The van der Waals surface area contributed by atoms with Gasteiger partial charge in [0.15, 0.2) is 5.58 Å². The summed E-state index contributed by atoms with van der Waals surface area (Å²) in [5.74, 6) is 0. The Morgan fingerprint density at radius 1 is 0.328 bits per heavy atom. The van der Waals surface area contributed by atoms with Gasteiger partial charge in [-0.3, -0.25) is 0 Å². The average Bonchev–Trinajstić information content (AvgIpc) is 3.89. The lowest BCUT2D eigenvalue weighted by Crippen LogP contribution is -2.10. The first-order valence-electron chi connectivity index (χ1n) is 20.9. The van der Waals surface area contributed by atoms with E-state index in [1.807, 2.05) is 0 Å². The van der Waals surface area contributed by atoms with Gasteiger partial charge >= 0.3 is 0 Å². The highest BCUT2D eigenvalue weighted by Gasteiger charge is 2.22. The third-order valence-corrected chi connectivity index (χ3v) is 12.7. The molecule has 0 N–H and O–H groups in total. The first-order chi connectivity index (χ1) is 30.2. The number of furan rings is 1. The van der Waals surface area contributed by atoms with E-state index >= 15 is 0 Å². The molecule has 284 valence electrons. The molecule has 0 saturated carbocycles. The molecular formula is C58H36N2O. The zero-order valence-corrected chi connectivity index (χ0v) is 33.1. The summed E-state index contributed by atoms with van der Waals surface area (Å²) in [5.41, 5.74) is 10.8. The fourth-order valence-corrected chi connectivity index (χ4v) is 9.85. The van der Waals surface area contributed by atoms with Gasteiger partial charge in [0, 0.05) is 49.4 Å². The molecule has 0 saturated heterocycles. The fraction of sp³-hybridized carbons (Fsp3) is 0. The fourth-order valence-electron chi connectivity index (χ4n) is 9.85. The summed E-state index contributed by atoms with van der Waals surface area (Å²) < 4.78 is 9.41. The molecule has 0 spiro atoms. The Morgan fingerprint density at radius 2 is 0.885 bits per heavy atom. The van der Waals surface area contributed by atoms with Gasteiger partial charge in [-0.05, 0) is 98.0 Å². The SMILES string of the molecule is c1ccc(-n2c3cc(-c4ccc(N(c5ccc6ccc7ccccc7c6c5)c5cccc6c5oc5c7ccccc7ccc65)cc4)ccc3c3ccc4ccccc4c32)cc1. The van der Waals surface area contributed by atoms with Crippen molar-refractivity contribution in [3.05, 3.63) is 218 Å². The van der Waals surface area contributed by atoms with Crippen molar-refractivity contribution in [2.45, 2.75) is 0 Å². The van der Waals surface area contributed by atoms with Crippen molar-refractivity contribution in [3.8, 4) is 16.8 Å². The zero-order chi connectivity index (χ0) is 40.0. The molecule has 61 heavy (non-hydrogen) atoms. The molecule has 0 radical (unpaired) electrons. The molecule has 0 unspecified atom stereocenters. The minimum atomic E-state index is 0.864. The van der Waals surface area contributed by atoms with Crippen molar-refractivity contribution >= 4 is 104 Å². The lowest BCUT2D eigenvalue weighted by atomic mass is 10.00. The molecule has 0 aliphatic heterocycles. The number of anilines is 3. The minimum Gasteiger partial charge on any atom is -0.453 e. The summed E-state index contributed by atoms with van der Waals surface area (Å²) in [4.78, 5) is 2.36. The summed E-state index contributed by atoms with van der Waals surface area (Å²) in [6.45, 7) is 0. The van der Waals surface area contributed by atoms with Gasteiger partial charge < -0.3 is 13.9 Å². The topological polar surface area (TPSA) is 21.3 Å². The first-order valence-corrected chi connectivity index (χ1v) is 20.9. The van der Waals surface area contributed by atoms with E-state index in [0.717, 1.165) is 55.6 Å². The van der Waals surface area contributed by atoms with Gasteiger partial charge in [0.2, 0.25) is 0 Å². The van der Waals surface area contributed by atoms with Crippen molar-refractivity contribution in [2.24, 2.45) is 0 Å². The quantitative estimate of drug-likeness (QED) is 0.162. The van der Waals surface area contributed by atoms with Crippen LogP contribution < -0.4 is 4.90 Å². The van der Waals surface area contributed by atoms with Gasteiger partial charge in [0.05, 0.1) is 16.7 Å². The number of fused-ring (bicyclic) bond motifs is 13. The third kappa shape index (κ3) is 5.17. The molecule has 2 heterocycles. The van der Waals surface area contributed by atoms with Crippen LogP contribution in [0.5, 0.6) is 0 Å². The number of rotatable bonds is 5. The van der Waals surface area contributed by atoms with Crippen LogP contribution in [-0.2, 0) is 0 Å². The summed E-state index contributed by atoms with van der Waals surface area (Å²) in [6, 6.07) is 79.2. The normalized spacial score (nSPS) is 11.9. The molecule has 0 aliphatic rings. The van der Waals surface area contributed by atoms with Gasteiger partial charge in [-0.2, -0.15) is 0 Å². The molecule has 0 bridgehead atoms. The largest absolute Gasteiger partial charge is 0.453 e. The van der Waals surface area contributed by atoms with Crippen LogP contribution in [-0.4, -0.2) is 4.57 Å². The van der Waals surface area contributed by atoms with Crippen LogP contribution in [0, 0.1) is 0 Å². The predicted octanol–water partition coefficient (Wildman–Crippen LogP) is 16.4. The Hall–Kier alpha value is -8.14. The Kier molecular flexibility index (Phi) is 7.31. The van der Waals surface area contributed by atoms with E-state index in [2.05, 4.69) is 228 Å². The minimum absolute atomic E-state index is 0.864. The van der Waals surface area contributed by atoms with Crippen LogP contribution in [0.2, 0.25) is 0 Å². The monoisotopic (exact) mass is 776 g/mol. The maximum atomic E-state index is 6.97. The second-order valence-electron chi connectivity index (χ2n) is 16.1. The van der Waals surface area contributed by atoms with Crippen LogP contribution in [0.15, 0.2) is 223 Å². The summed E-state index contributed by atoms with van der Waals surface area (Å²) >= 11 is 0. The van der Waals surface area contributed by atoms with E-state index in [9.17, 15) is 0 Å². The van der Waals surface area contributed by atoms with Crippen LogP contribution in [0.4, 0.5) is 17.1 Å². The number of nitrogens with zero attached hydrogens (tertiary/aromatic N) is 2. The molecule has 13 aromatic rings. The standard InChI is InChI=1S/C58H36N2O/c1-2-14-43(15-3-1)60-55-35-42(28-32-49(55)50-33-26-39-12-5-8-17-47(39)56(50)60)37-23-29-44(30-24-37)59(45-31-25-41-22-21-38-11-4-7-16-46(38)53(41)36-45)54-20-10-19-51-52-34-27-40-13-6-9-18-48(40)57(52)61-58(51)54/h1-36H. The molecular weight excluding hydrogens is 741 g/mol. The van der Waals surface area contributed by atoms with E-state index in [4.69, 9.17) is 4.42 Å². The smallest absolute Gasteiger partial charge is 0.159 e. The van der Waals surface area contributed by atoms with Crippen LogP contribution >= 0.6 is 0 Å². The highest BCUT2D eigenvalue weighted by Crippen LogP contribution is 2.45. The Morgan fingerprint density at radius 3 is 1.69 bits per heavy atom. The first kappa shape index (κ1) is 33.8. The molecule has 3 nitrogen and oxygen atoms in total. The summed E-state index contributed by atoms with van der Waals surface area (Å²) in [6.07, 6.45) is 0. The molecule has 11 aromatic carbocycles. The van der Waals surface area contributed by atoms with E-state index in [-0.39, 0.29) is 0 Å². The number of aromatic nitrogens is 1. The van der Waals surface area contributed by atoms with Crippen molar-refractivity contribution < 1.29 is 4.42 Å². The predicted molar refractivity (Wildman–Crippen MR) is 258 cm³/mol. The number of para-hydroxylation sites is 2. The van der Waals surface area contributed by atoms with E-state index in [0.29, 0.717) is 0 Å². The Balaban J connectivity index is 1.01. The Bertz CT molecular complexity index is 3880. The van der Waals surface area contributed by atoms with Gasteiger partial charge in [-0.15, -0.1) is 0 Å². The summed E-state index contributed by atoms with van der Waals surface area (Å²) in [5, 5.41) is 14.4. The van der Waals surface area contributed by atoms with E-state index in [1.165, 1.54) is 65.1 Å². The third-order valence-electron chi connectivity index (χ3n) is 12.7. The molecule has 2 aromatic heterocycles. The second-order valence-corrected chi connectivity index (χ2v) is 16.1. The lowest BCUT2D eigenvalue weighted by Gasteiger charge is -2.26. The van der Waals surface area contributed by atoms with Gasteiger partial charge in [-0.1, -0.05) is 164 Å². The highest BCUT2D eigenvalue weighted by molar-refractivity contribution is 6.20. The number of hydrogen-bond donors (Lipinski definition) is 0. The van der Waals surface area contributed by atoms with Crippen molar-refractivity contribution in [2.75, 3.05) is 4.90 Å². The maximum Gasteiger partial charge on any atom is 0.159 e. The van der Waals surface area contributed by atoms with Crippen molar-refractivity contribution in [1.82, 2.24) is 4.57 Å². The highest BCUT2D eigenvalue weighted by atomic mass is 16.3. The lowest BCUT2D eigenvalue weighted by molar-refractivity contribution is 0.673.